The molecule has 1 aromatic carbocycles. The number of hydrogen-bond acceptors (Lipinski definition) is 2. The molecule has 0 aromatic heterocycles. The van der Waals surface area contributed by atoms with E-state index in [9.17, 15) is 4.79 Å². The number of amides is 1. The Morgan fingerprint density at radius 2 is 2.05 bits per heavy atom. The fourth-order valence-corrected chi connectivity index (χ4v) is 2.34. The van der Waals surface area contributed by atoms with Crippen LogP contribution < -0.4 is 11.1 Å². The number of nitrogens with one attached hydrogen (secondary N) is 1. The van der Waals surface area contributed by atoms with Gasteiger partial charge in [-0.05, 0) is 43.1 Å². The smallest absolute Gasteiger partial charge is 0.236 e. The van der Waals surface area contributed by atoms with E-state index >= 15 is 0 Å². The minimum absolute atomic E-state index is 0.00402. The van der Waals surface area contributed by atoms with Gasteiger partial charge in [-0.2, -0.15) is 0 Å². The van der Waals surface area contributed by atoms with Crippen LogP contribution in [0.1, 0.15) is 38.2 Å². The molecule has 104 valence electrons. The Morgan fingerprint density at radius 3 is 2.63 bits per heavy atom. The lowest BCUT2D eigenvalue weighted by atomic mass is 10.0. The fourth-order valence-electron chi connectivity index (χ4n) is 2.34. The van der Waals surface area contributed by atoms with Crippen molar-refractivity contribution in [1.29, 1.82) is 0 Å². The molecule has 0 unspecified atom stereocenters. The monoisotopic (exact) mass is 260 g/mol. The summed E-state index contributed by atoms with van der Waals surface area (Å²) >= 11 is 0. The van der Waals surface area contributed by atoms with E-state index in [1.165, 1.54) is 18.4 Å². The zero-order valence-electron chi connectivity index (χ0n) is 11.7. The Balaban J connectivity index is 1.70. The SMILES string of the molecule is CCC1(CNC(=O)[C@@H](N)CCc2ccccc2)CC1. The van der Waals surface area contributed by atoms with Crippen molar-refractivity contribution >= 4 is 5.91 Å². The number of nitrogens with two attached hydrogens (primary N) is 1. The van der Waals surface area contributed by atoms with Crippen LogP contribution in [-0.2, 0) is 11.2 Å². The molecule has 0 heterocycles. The largest absolute Gasteiger partial charge is 0.354 e. The topological polar surface area (TPSA) is 55.1 Å². The van der Waals surface area contributed by atoms with Gasteiger partial charge in [0, 0.05) is 6.54 Å². The van der Waals surface area contributed by atoms with Gasteiger partial charge >= 0.3 is 0 Å². The van der Waals surface area contributed by atoms with Gasteiger partial charge in [-0.25, -0.2) is 0 Å². The Kier molecular flexibility index (Phi) is 4.59. The molecule has 0 bridgehead atoms. The van der Waals surface area contributed by atoms with Gasteiger partial charge in [0.05, 0.1) is 6.04 Å². The molecule has 0 saturated heterocycles. The minimum atomic E-state index is -0.395. The summed E-state index contributed by atoms with van der Waals surface area (Å²) in [6.45, 7) is 2.98. The number of benzene rings is 1. The number of carbonyl (C=O) groups is 1. The Labute approximate surface area is 115 Å². The second-order valence-electron chi connectivity index (χ2n) is 5.70. The van der Waals surface area contributed by atoms with Crippen LogP contribution >= 0.6 is 0 Å². The molecular weight excluding hydrogens is 236 g/mol. The molecule has 0 spiro atoms. The molecule has 0 radical (unpaired) electrons. The summed E-state index contributed by atoms with van der Waals surface area (Å²) in [7, 11) is 0. The molecule has 1 aliphatic carbocycles. The molecule has 1 aliphatic rings. The molecule has 3 heteroatoms. The van der Waals surface area contributed by atoms with Crippen LogP contribution in [0.4, 0.5) is 0 Å². The maximum atomic E-state index is 11.9. The third kappa shape index (κ3) is 4.06. The summed E-state index contributed by atoms with van der Waals surface area (Å²) in [6.07, 6.45) is 5.18. The van der Waals surface area contributed by atoms with Crippen LogP contribution in [0.2, 0.25) is 0 Å². The van der Waals surface area contributed by atoms with Crippen LogP contribution in [-0.4, -0.2) is 18.5 Å². The van der Waals surface area contributed by atoms with Gasteiger partial charge < -0.3 is 11.1 Å². The second kappa shape index (κ2) is 6.20. The molecule has 1 atom stereocenters. The minimum Gasteiger partial charge on any atom is -0.354 e. The van der Waals surface area contributed by atoms with Crippen LogP contribution in [0.25, 0.3) is 0 Å². The number of hydrogen-bond donors (Lipinski definition) is 2. The van der Waals surface area contributed by atoms with Crippen LogP contribution in [0.15, 0.2) is 30.3 Å². The van der Waals surface area contributed by atoms with Gasteiger partial charge in [-0.3, -0.25) is 4.79 Å². The Hall–Kier alpha value is -1.35. The Bertz CT molecular complexity index is 412. The molecular formula is C16H24N2O. The number of rotatable bonds is 7. The molecule has 19 heavy (non-hydrogen) atoms. The average Bonchev–Trinajstić information content (AvgIpc) is 3.24. The first-order chi connectivity index (χ1) is 9.15. The summed E-state index contributed by atoms with van der Waals surface area (Å²) in [5.41, 5.74) is 7.56. The van der Waals surface area contributed by atoms with Crippen molar-refractivity contribution in [3.05, 3.63) is 35.9 Å². The lowest BCUT2D eigenvalue weighted by Crippen LogP contribution is -2.43. The van der Waals surface area contributed by atoms with Gasteiger partial charge in [0.25, 0.3) is 0 Å². The first kappa shape index (κ1) is 14.1. The Morgan fingerprint density at radius 1 is 1.37 bits per heavy atom. The first-order valence-electron chi connectivity index (χ1n) is 7.22. The summed E-state index contributed by atoms with van der Waals surface area (Å²) in [5, 5.41) is 3.01. The molecule has 1 saturated carbocycles. The average molecular weight is 260 g/mol. The predicted molar refractivity (Wildman–Crippen MR) is 77.7 cm³/mol. The highest BCUT2D eigenvalue weighted by Gasteiger charge is 2.40. The van der Waals surface area contributed by atoms with E-state index < -0.39 is 6.04 Å². The maximum Gasteiger partial charge on any atom is 0.236 e. The second-order valence-corrected chi connectivity index (χ2v) is 5.70. The van der Waals surface area contributed by atoms with E-state index in [-0.39, 0.29) is 5.91 Å². The standard InChI is InChI=1S/C16H24N2O/c1-2-16(10-11-16)12-18-15(19)14(17)9-8-13-6-4-3-5-7-13/h3-7,14H,2,8-12,17H2,1H3,(H,18,19)/t14-/m0/s1. The molecule has 1 amide bonds. The van der Waals surface area contributed by atoms with E-state index in [0.29, 0.717) is 11.8 Å². The highest BCUT2D eigenvalue weighted by atomic mass is 16.2. The van der Waals surface area contributed by atoms with E-state index in [1.54, 1.807) is 0 Å². The van der Waals surface area contributed by atoms with E-state index in [2.05, 4.69) is 24.4 Å². The highest BCUT2D eigenvalue weighted by Crippen LogP contribution is 2.47. The van der Waals surface area contributed by atoms with Gasteiger partial charge in [0.15, 0.2) is 0 Å². The zero-order chi connectivity index (χ0) is 13.7. The van der Waals surface area contributed by atoms with E-state index in [0.717, 1.165) is 19.4 Å². The lowest BCUT2D eigenvalue weighted by Gasteiger charge is -2.16. The molecule has 1 aromatic rings. The molecule has 3 N–H and O–H groups in total. The molecule has 3 nitrogen and oxygen atoms in total. The summed E-state index contributed by atoms with van der Waals surface area (Å²) < 4.78 is 0. The molecule has 0 aliphatic heterocycles. The van der Waals surface area contributed by atoms with Crippen molar-refractivity contribution in [3.63, 3.8) is 0 Å². The van der Waals surface area contributed by atoms with Gasteiger partial charge in [-0.1, -0.05) is 37.3 Å². The quantitative estimate of drug-likeness (QED) is 0.790. The van der Waals surface area contributed by atoms with Crippen molar-refractivity contribution in [1.82, 2.24) is 5.32 Å². The van der Waals surface area contributed by atoms with E-state index in [1.807, 2.05) is 18.2 Å². The summed E-state index contributed by atoms with van der Waals surface area (Å²) in [6, 6.07) is 9.77. The maximum absolute atomic E-state index is 11.9. The van der Waals surface area contributed by atoms with Crippen LogP contribution in [0, 0.1) is 5.41 Å². The summed E-state index contributed by atoms with van der Waals surface area (Å²) in [4.78, 5) is 11.9. The number of carbonyl (C=O) groups excluding carboxylic acids is 1. The fraction of sp³-hybridized carbons (Fsp3) is 0.562. The van der Waals surface area contributed by atoms with Gasteiger partial charge in [-0.15, -0.1) is 0 Å². The summed E-state index contributed by atoms with van der Waals surface area (Å²) in [5.74, 6) is -0.00402. The van der Waals surface area contributed by atoms with Crippen molar-refractivity contribution in [2.75, 3.05) is 6.54 Å². The van der Waals surface area contributed by atoms with Crippen LogP contribution in [0.5, 0.6) is 0 Å². The first-order valence-corrected chi connectivity index (χ1v) is 7.22. The highest BCUT2D eigenvalue weighted by molar-refractivity contribution is 5.81. The van der Waals surface area contributed by atoms with Crippen LogP contribution in [0.3, 0.4) is 0 Å². The van der Waals surface area contributed by atoms with Crippen molar-refractivity contribution < 1.29 is 4.79 Å². The van der Waals surface area contributed by atoms with Gasteiger partial charge in [0.2, 0.25) is 5.91 Å². The van der Waals surface area contributed by atoms with Crippen molar-refractivity contribution in [3.8, 4) is 0 Å². The van der Waals surface area contributed by atoms with E-state index in [4.69, 9.17) is 5.73 Å². The third-order valence-electron chi connectivity index (χ3n) is 4.27. The normalized spacial score (nSPS) is 17.8. The van der Waals surface area contributed by atoms with Gasteiger partial charge in [0.1, 0.15) is 0 Å². The molecule has 2 rings (SSSR count). The third-order valence-corrected chi connectivity index (χ3v) is 4.27. The van der Waals surface area contributed by atoms with Crippen molar-refractivity contribution in [2.45, 2.75) is 45.1 Å². The lowest BCUT2D eigenvalue weighted by molar-refractivity contribution is -0.122. The predicted octanol–water partition coefficient (Wildman–Crippen LogP) is 2.25. The molecule has 1 fully saturated rings. The van der Waals surface area contributed by atoms with Crippen molar-refractivity contribution in [2.24, 2.45) is 11.1 Å². The zero-order valence-corrected chi connectivity index (χ0v) is 11.7. The number of aryl methyl sites for hydroxylation is 1.